The molecule has 0 aliphatic carbocycles. The molecule has 9 nitrogen and oxygen atoms in total. The second-order valence-electron chi connectivity index (χ2n) is 7.86. The lowest BCUT2D eigenvalue weighted by Gasteiger charge is -2.25. The molecule has 1 atom stereocenters. The first-order valence-corrected chi connectivity index (χ1v) is 11.7. The number of nitrogens with zero attached hydrogens (tertiary/aromatic N) is 1. The molecule has 1 unspecified atom stereocenters. The molecule has 180 valence electrons. The number of likely N-dealkylation sites (tertiary alicyclic amines) is 1. The Morgan fingerprint density at radius 1 is 1.06 bits per heavy atom. The first kappa shape index (κ1) is 23.7. The number of aromatic amines is 2. The summed E-state index contributed by atoms with van der Waals surface area (Å²) in [5.74, 6) is -0.225. The summed E-state index contributed by atoms with van der Waals surface area (Å²) in [6.07, 6.45) is -3.81. The van der Waals surface area contributed by atoms with Gasteiger partial charge in [0.2, 0.25) is 15.9 Å². The normalized spacial score (nSPS) is 15.7. The Hall–Kier alpha value is -3.45. The van der Waals surface area contributed by atoms with Gasteiger partial charge in [-0.1, -0.05) is 12.1 Å². The molecular formula is C21H19F3N4O5S. The van der Waals surface area contributed by atoms with E-state index in [1.54, 1.807) is 0 Å². The van der Waals surface area contributed by atoms with Crippen LogP contribution in [0.2, 0.25) is 0 Å². The number of benzene rings is 2. The van der Waals surface area contributed by atoms with Gasteiger partial charge < -0.3 is 9.88 Å². The van der Waals surface area contributed by atoms with Crippen LogP contribution >= 0.6 is 0 Å². The topological polar surface area (TPSA) is 132 Å². The first-order valence-electron chi connectivity index (χ1n) is 10.2. The van der Waals surface area contributed by atoms with Gasteiger partial charge in [-0.25, -0.2) is 17.9 Å². The fourth-order valence-electron chi connectivity index (χ4n) is 3.83. The van der Waals surface area contributed by atoms with E-state index in [1.165, 1.54) is 17.0 Å². The summed E-state index contributed by atoms with van der Waals surface area (Å²) in [7, 11) is -4.35. The average molecular weight is 496 g/mol. The number of fused-ring (bicyclic) bond motifs is 1. The highest BCUT2D eigenvalue weighted by Crippen LogP contribution is 2.31. The Bertz CT molecular complexity index is 1480. The van der Waals surface area contributed by atoms with Gasteiger partial charge in [0.25, 0.3) is 5.56 Å². The van der Waals surface area contributed by atoms with Crippen LogP contribution in [0.15, 0.2) is 56.9 Å². The van der Waals surface area contributed by atoms with Crippen LogP contribution in [0.5, 0.6) is 0 Å². The summed E-state index contributed by atoms with van der Waals surface area (Å²) in [4.78, 5) is 41.1. The van der Waals surface area contributed by atoms with E-state index in [9.17, 15) is 36.0 Å². The van der Waals surface area contributed by atoms with Crippen molar-refractivity contribution in [2.24, 2.45) is 0 Å². The molecule has 0 spiro atoms. The quantitative estimate of drug-likeness (QED) is 0.480. The summed E-state index contributed by atoms with van der Waals surface area (Å²) in [6, 6.07) is 6.48. The number of H-pyrrole nitrogens is 2. The number of rotatable bonds is 6. The van der Waals surface area contributed by atoms with E-state index < -0.39 is 39.1 Å². The third-order valence-corrected chi connectivity index (χ3v) is 6.98. The maximum atomic E-state index is 13.3. The lowest BCUT2D eigenvalue weighted by molar-refractivity contribution is -0.137. The van der Waals surface area contributed by atoms with E-state index in [2.05, 4.69) is 9.71 Å². The second kappa shape index (κ2) is 8.72. The van der Waals surface area contributed by atoms with Gasteiger partial charge in [-0.05, 0) is 42.3 Å². The van der Waals surface area contributed by atoms with Gasteiger partial charge >= 0.3 is 11.9 Å². The van der Waals surface area contributed by atoms with Crippen LogP contribution in [0, 0.1) is 0 Å². The molecule has 1 aromatic heterocycles. The number of hydrogen-bond donors (Lipinski definition) is 3. The predicted octanol–water partition coefficient (Wildman–Crippen LogP) is 1.88. The Labute approximate surface area is 190 Å². The number of carbonyl (C=O) groups is 1. The molecule has 0 radical (unpaired) electrons. The van der Waals surface area contributed by atoms with Gasteiger partial charge in [-0.2, -0.15) is 13.2 Å². The Kier molecular flexibility index (Phi) is 6.08. The fraction of sp³-hybridized carbons (Fsp3) is 0.286. The van der Waals surface area contributed by atoms with Gasteiger partial charge in [0, 0.05) is 19.5 Å². The highest BCUT2D eigenvalue weighted by molar-refractivity contribution is 7.89. The molecule has 34 heavy (non-hydrogen) atoms. The minimum Gasteiger partial charge on any atom is -0.341 e. The van der Waals surface area contributed by atoms with Crippen LogP contribution in [0.25, 0.3) is 10.9 Å². The zero-order valence-electron chi connectivity index (χ0n) is 17.5. The molecule has 1 aliphatic rings. The van der Waals surface area contributed by atoms with Gasteiger partial charge in [-0.3, -0.25) is 14.6 Å². The Balaban J connectivity index is 1.73. The van der Waals surface area contributed by atoms with Crippen molar-refractivity contribution < 1.29 is 26.4 Å². The van der Waals surface area contributed by atoms with E-state index in [0.29, 0.717) is 13.0 Å². The van der Waals surface area contributed by atoms with Crippen molar-refractivity contribution in [3.05, 3.63) is 74.4 Å². The van der Waals surface area contributed by atoms with Crippen LogP contribution in [0.1, 0.15) is 30.0 Å². The number of hydrogen-bond acceptors (Lipinski definition) is 5. The summed E-state index contributed by atoms with van der Waals surface area (Å²) in [5.41, 5.74) is -2.37. The SMILES string of the molecule is O=C1CCCN1CC(NS(=O)(=O)c1ccc2[nH]c(=O)[nH]c(=O)c2c1)c1cccc(C(F)(F)F)c1. The summed E-state index contributed by atoms with van der Waals surface area (Å²) < 4.78 is 68.4. The minimum absolute atomic E-state index is 0.0288. The highest BCUT2D eigenvalue weighted by atomic mass is 32.2. The van der Waals surface area contributed by atoms with E-state index in [0.717, 1.165) is 30.3 Å². The van der Waals surface area contributed by atoms with Crippen molar-refractivity contribution >= 4 is 26.8 Å². The number of alkyl halides is 3. The van der Waals surface area contributed by atoms with Crippen LogP contribution in [-0.4, -0.2) is 42.3 Å². The average Bonchev–Trinajstić information content (AvgIpc) is 3.16. The Morgan fingerprint density at radius 2 is 1.82 bits per heavy atom. The summed E-state index contributed by atoms with van der Waals surface area (Å²) in [6.45, 7) is 0.190. The molecular weight excluding hydrogens is 477 g/mol. The van der Waals surface area contributed by atoms with Crippen molar-refractivity contribution in [2.75, 3.05) is 13.1 Å². The first-order chi connectivity index (χ1) is 15.9. The lowest BCUT2D eigenvalue weighted by Crippen LogP contribution is -2.38. The maximum Gasteiger partial charge on any atom is 0.416 e. The molecule has 13 heteroatoms. The number of amides is 1. The zero-order chi connectivity index (χ0) is 24.7. The molecule has 2 heterocycles. The van der Waals surface area contributed by atoms with Crippen LogP contribution in [0.4, 0.5) is 13.2 Å². The summed E-state index contributed by atoms with van der Waals surface area (Å²) >= 11 is 0. The molecule has 1 fully saturated rings. The smallest absolute Gasteiger partial charge is 0.341 e. The highest BCUT2D eigenvalue weighted by Gasteiger charge is 2.33. The standard InChI is InChI=1S/C21H19F3N4O5S/c22-21(23,24)13-4-1-3-12(9-13)17(11-28-8-2-5-18(28)29)27-34(32,33)14-6-7-16-15(10-14)19(30)26-20(31)25-16/h1,3-4,6-7,9-10,17,27H,2,5,8,11H2,(H2,25,26,30,31). The van der Waals surface area contributed by atoms with Crippen molar-refractivity contribution in [1.29, 1.82) is 0 Å². The lowest BCUT2D eigenvalue weighted by atomic mass is 10.0. The summed E-state index contributed by atoms with van der Waals surface area (Å²) in [5, 5.41) is -0.0900. The number of sulfonamides is 1. The van der Waals surface area contributed by atoms with E-state index in [4.69, 9.17) is 0 Å². The van der Waals surface area contributed by atoms with Gasteiger partial charge in [0.1, 0.15) is 0 Å². The number of aromatic nitrogens is 2. The molecule has 0 bridgehead atoms. The van der Waals surface area contributed by atoms with Crippen molar-refractivity contribution in [3.8, 4) is 0 Å². The molecule has 1 aliphatic heterocycles. The fourth-order valence-corrected chi connectivity index (χ4v) is 5.07. The molecule has 3 aromatic rings. The van der Waals surface area contributed by atoms with Crippen LogP contribution in [0.3, 0.4) is 0 Å². The molecule has 1 amide bonds. The van der Waals surface area contributed by atoms with Crippen LogP contribution < -0.4 is 16.0 Å². The van der Waals surface area contributed by atoms with E-state index >= 15 is 0 Å². The van der Waals surface area contributed by atoms with Crippen molar-refractivity contribution in [3.63, 3.8) is 0 Å². The van der Waals surface area contributed by atoms with Gasteiger partial charge in [0.05, 0.1) is 27.4 Å². The minimum atomic E-state index is -4.64. The molecule has 3 N–H and O–H groups in total. The number of carbonyl (C=O) groups excluding carboxylic acids is 1. The van der Waals surface area contributed by atoms with Crippen molar-refractivity contribution in [1.82, 2.24) is 19.6 Å². The largest absolute Gasteiger partial charge is 0.416 e. The van der Waals surface area contributed by atoms with Gasteiger partial charge in [-0.15, -0.1) is 0 Å². The second-order valence-corrected chi connectivity index (χ2v) is 9.57. The Morgan fingerprint density at radius 3 is 2.50 bits per heavy atom. The maximum absolute atomic E-state index is 13.3. The third kappa shape index (κ3) is 4.89. The third-order valence-electron chi connectivity index (χ3n) is 5.51. The zero-order valence-corrected chi connectivity index (χ0v) is 18.3. The van der Waals surface area contributed by atoms with E-state index in [-0.39, 0.29) is 40.2 Å². The molecule has 0 saturated carbocycles. The predicted molar refractivity (Wildman–Crippen MR) is 116 cm³/mol. The molecule has 1 saturated heterocycles. The van der Waals surface area contributed by atoms with Gasteiger partial charge in [0.15, 0.2) is 0 Å². The van der Waals surface area contributed by atoms with Crippen molar-refractivity contribution in [2.45, 2.75) is 30.0 Å². The van der Waals surface area contributed by atoms with Crippen LogP contribution in [-0.2, 0) is 21.0 Å². The molecule has 4 rings (SSSR count). The monoisotopic (exact) mass is 496 g/mol. The van der Waals surface area contributed by atoms with E-state index in [1.807, 2.05) is 4.98 Å². The number of nitrogens with one attached hydrogen (secondary N) is 3. The number of halogens is 3. The molecule has 2 aromatic carbocycles.